The van der Waals surface area contributed by atoms with Gasteiger partial charge in [0.2, 0.25) is 0 Å². The second kappa shape index (κ2) is 4.97. The van der Waals surface area contributed by atoms with Gasteiger partial charge < -0.3 is 14.8 Å². The van der Waals surface area contributed by atoms with Crippen LogP contribution < -0.4 is 5.56 Å². The number of hydrogen-bond acceptors (Lipinski definition) is 2. The van der Waals surface area contributed by atoms with E-state index in [-0.39, 0.29) is 5.56 Å². The minimum Gasteiger partial charge on any atom is -0.450 e. The number of fused-ring (bicyclic) bond motifs is 1. The number of nitrogens with zero attached hydrogens (tertiary/aromatic N) is 1. The van der Waals surface area contributed by atoms with Crippen LogP contribution in [0.1, 0.15) is 0 Å². The van der Waals surface area contributed by atoms with Crippen LogP contribution in [0.15, 0.2) is 41.2 Å². The van der Waals surface area contributed by atoms with E-state index in [9.17, 15) is 4.79 Å². The zero-order chi connectivity index (χ0) is 12.1. The van der Waals surface area contributed by atoms with Crippen LogP contribution in [0.3, 0.4) is 0 Å². The molecule has 0 atom stereocenters. The normalized spacial score (nSPS) is 9.31. The molecule has 0 aliphatic carbocycles. The minimum atomic E-state index is -1.83. The van der Waals surface area contributed by atoms with Crippen molar-refractivity contribution in [3.63, 3.8) is 0 Å². The highest BCUT2D eigenvalue weighted by Gasteiger charge is 1.95. The average molecular weight is 221 g/mol. The first-order valence-corrected chi connectivity index (χ1v) is 4.49. The smallest absolute Gasteiger partial charge is 0.450 e. The molecule has 0 aliphatic rings. The molecule has 0 fully saturated rings. The summed E-state index contributed by atoms with van der Waals surface area (Å²) in [4.78, 5) is 19.8. The zero-order valence-electron chi connectivity index (χ0n) is 8.62. The molecule has 0 spiro atoms. The molecule has 0 radical (unpaired) electrons. The number of benzene rings is 1. The van der Waals surface area contributed by atoms with Crippen LogP contribution in [0.25, 0.3) is 10.9 Å². The fourth-order valence-electron chi connectivity index (χ4n) is 1.33. The Morgan fingerprint density at radius 3 is 2.31 bits per heavy atom. The molecule has 1 aromatic carbocycles. The van der Waals surface area contributed by atoms with Crippen LogP contribution >= 0.6 is 0 Å². The molecule has 0 bridgehead atoms. The van der Waals surface area contributed by atoms with Gasteiger partial charge in [-0.3, -0.25) is 4.79 Å². The standard InChI is InChI=1S/C10H9NO.CH2O3/c1-11-9-5-3-2-4-8(9)6-7-10(11)12;2-1(3)4/h2-7H,1H3;(H2,2,3,4). The van der Waals surface area contributed by atoms with Gasteiger partial charge in [-0.2, -0.15) is 0 Å². The molecular weight excluding hydrogens is 210 g/mol. The van der Waals surface area contributed by atoms with Crippen LogP contribution in [0, 0.1) is 0 Å². The summed E-state index contributed by atoms with van der Waals surface area (Å²) < 4.78 is 1.65. The van der Waals surface area contributed by atoms with Gasteiger partial charge in [-0.1, -0.05) is 18.2 Å². The van der Waals surface area contributed by atoms with Crippen LogP contribution in [-0.4, -0.2) is 20.9 Å². The highest BCUT2D eigenvalue weighted by molar-refractivity contribution is 5.78. The fraction of sp³-hybridized carbons (Fsp3) is 0.0909. The first-order chi connectivity index (χ1) is 7.52. The topological polar surface area (TPSA) is 79.5 Å². The molecular formula is C11H11NO4. The van der Waals surface area contributed by atoms with E-state index in [0.717, 1.165) is 10.9 Å². The number of para-hydroxylation sites is 1. The van der Waals surface area contributed by atoms with E-state index in [0.29, 0.717) is 0 Å². The first-order valence-electron chi connectivity index (χ1n) is 4.49. The number of carbonyl (C=O) groups is 1. The number of carboxylic acid groups (broad SMARTS) is 2. The fourth-order valence-corrected chi connectivity index (χ4v) is 1.33. The third-order valence-electron chi connectivity index (χ3n) is 2.03. The summed E-state index contributed by atoms with van der Waals surface area (Å²) in [6.45, 7) is 0. The van der Waals surface area contributed by atoms with Crippen molar-refractivity contribution in [3.05, 3.63) is 46.8 Å². The van der Waals surface area contributed by atoms with E-state index >= 15 is 0 Å². The first kappa shape index (κ1) is 11.8. The Kier molecular flexibility index (Phi) is 3.66. The van der Waals surface area contributed by atoms with Crippen molar-refractivity contribution < 1.29 is 15.0 Å². The summed E-state index contributed by atoms with van der Waals surface area (Å²) in [6.07, 6.45) is -1.83. The van der Waals surface area contributed by atoms with E-state index < -0.39 is 6.16 Å². The molecule has 2 N–H and O–H groups in total. The second-order valence-corrected chi connectivity index (χ2v) is 3.07. The van der Waals surface area contributed by atoms with Crippen LogP contribution in [0.4, 0.5) is 4.79 Å². The number of pyridine rings is 1. The molecule has 0 unspecified atom stereocenters. The van der Waals surface area contributed by atoms with E-state index in [1.54, 1.807) is 17.7 Å². The van der Waals surface area contributed by atoms with Crippen molar-refractivity contribution >= 4 is 17.1 Å². The molecule has 5 heteroatoms. The Morgan fingerprint density at radius 1 is 1.12 bits per heavy atom. The molecule has 1 heterocycles. The van der Waals surface area contributed by atoms with E-state index in [2.05, 4.69) is 0 Å². The molecule has 0 amide bonds. The molecule has 84 valence electrons. The summed E-state index contributed by atoms with van der Waals surface area (Å²) in [5.74, 6) is 0. The Morgan fingerprint density at radius 2 is 1.69 bits per heavy atom. The van der Waals surface area contributed by atoms with E-state index in [1.165, 1.54) is 0 Å². The maximum absolute atomic E-state index is 11.2. The Balaban J connectivity index is 0.000000280. The van der Waals surface area contributed by atoms with E-state index in [4.69, 9.17) is 15.0 Å². The Hall–Kier alpha value is -2.30. The van der Waals surface area contributed by atoms with Gasteiger partial charge in [0.15, 0.2) is 0 Å². The zero-order valence-corrected chi connectivity index (χ0v) is 8.62. The SMILES string of the molecule is Cn1c(=O)ccc2ccccc21.O=C(O)O. The molecule has 0 saturated heterocycles. The van der Waals surface area contributed by atoms with Crippen molar-refractivity contribution in [1.82, 2.24) is 4.57 Å². The van der Waals surface area contributed by atoms with Crippen LogP contribution in [0.5, 0.6) is 0 Å². The summed E-state index contributed by atoms with van der Waals surface area (Å²) in [7, 11) is 1.78. The predicted molar refractivity (Wildman–Crippen MR) is 59.8 cm³/mol. The Bertz CT molecular complexity index is 555. The molecule has 0 saturated carbocycles. The molecule has 2 aromatic rings. The quantitative estimate of drug-likeness (QED) is 0.710. The number of hydrogen-bond donors (Lipinski definition) is 2. The van der Waals surface area contributed by atoms with Gasteiger partial charge in [0.25, 0.3) is 5.56 Å². The van der Waals surface area contributed by atoms with Gasteiger partial charge in [-0.15, -0.1) is 0 Å². The minimum absolute atomic E-state index is 0.0358. The predicted octanol–water partition coefficient (Wildman–Crippen LogP) is 1.76. The lowest BCUT2D eigenvalue weighted by molar-refractivity contribution is 0.137. The van der Waals surface area contributed by atoms with Crippen molar-refractivity contribution in [2.24, 2.45) is 7.05 Å². The lowest BCUT2D eigenvalue weighted by Gasteiger charge is -2.01. The lowest BCUT2D eigenvalue weighted by atomic mass is 10.2. The van der Waals surface area contributed by atoms with Crippen molar-refractivity contribution in [3.8, 4) is 0 Å². The highest BCUT2D eigenvalue weighted by atomic mass is 16.6. The largest absolute Gasteiger partial charge is 0.503 e. The maximum Gasteiger partial charge on any atom is 0.503 e. The van der Waals surface area contributed by atoms with Gasteiger partial charge >= 0.3 is 6.16 Å². The summed E-state index contributed by atoms with van der Waals surface area (Å²) in [6, 6.07) is 11.3. The molecule has 1 aromatic heterocycles. The van der Waals surface area contributed by atoms with Crippen molar-refractivity contribution in [1.29, 1.82) is 0 Å². The van der Waals surface area contributed by atoms with Gasteiger partial charge in [0.05, 0.1) is 5.52 Å². The van der Waals surface area contributed by atoms with Crippen LogP contribution in [-0.2, 0) is 7.05 Å². The maximum atomic E-state index is 11.2. The van der Waals surface area contributed by atoms with Crippen molar-refractivity contribution in [2.45, 2.75) is 0 Å². The Labute approximate surface area is 91.2 Å². The van der Waals surface area contributed by atoms with Crippen LogP contribution in [0.2, 0.25) is 0 Å². The van der Waals surface area contributed by atoms with E-state index in [1.807, 2.05) is 30.3 Å². The summed E-state index contributed by atoms with van der Waals surface area (Å²) in [5.41, 5.74) is 1.01. The average Bonchev–Trinajstić information content (AvgIpc) is 2.23. The highest BCUT2D eigenvalue weighted by Crippen LogP contribution is 2.08. The molecule has 0 aliphatic heterocycles. The second-order valence-electron chi connectivity index (χ2n) is 3.07. The molecule has 2 rings (SSSR count). The summed E-state index contributed by atoms with van der Waals surface area (Å²) in [5, 5.41) is 15.0. The van der Waals surface area contributed by atoms with Gasteiger partial charge in [0.1, 0.15) is 0 Å². The monoisotopic (exact) mass is 221 g/mol. The number of rotatable bonds is 0. The molecule has 5 nitrogen and oxygen atoms in total. The summed E-state index contributed by atoms with van der Waals surface area (Å²) >= 11 is 0. The van der Waals surface area contributed by atoms with Gasteiger partial charge in [0, 0.05) is 13.1 Å². The third kappa shape index (κ3) is 2.84. The lowest BCUT2D eigenvalue weighted by Crippen LogP contribution is -2.14. The van der Waals surface area contributed by atoms with Gasteiger partial charge in [-0.05, 0) is 17.5 Å². The van der Waals surface area contributed by atoms with Gasteiger partial charge in [-0.25, -0.2) is 4.79 Å². The number of aromatic nitrogens is 1. The molecule has 16 heavy (non-hydrogen) atoms. The van der Waals surface area contributed by atoms with Crippen molar-refractivity contribution in [2.75, 3.05) is 0 Å². The number of aryl methyl sites for hydroxylation is 1. The third-order valence-corrected chi connectivity index (χ3v) is 2.03.